The summed E-state index contributed by atoms with van der Waals surface area (Å²) >= 11 is 0. The molecule has 0 saturated heterocycles. The van der Waals surface area contributed by atoms with Gasteiger partial charge in [0.05, 0.1) is 17.4 Å². The Morgan fingerprint density at radius 1 is 1.09 bits per heavy atom. The van der Waals surface area contributed by atoms with E-state index in [0.29, 0.717) is 5.39 Å². The summed E-state index contributed by atoms with van der Waals surface area (Å²) in [7, 11) is 1.61. The van der Waals surface area contributed by atoms with Crippen LogP contribution in [0, 0.1) is 10.1 Å². The lowest BCUT2D eigenvalue weighted by atomic mass is 10.1. The van der Waals surface area contributed by atoms with Crippen molar-refractivity contribution in [2.45, 2.75) is 0 Å². The van der Waals surface area contributed by atoms with Gasteiger partial charge in [-0.05, 0) is 36.4 Å². The summed E-state index contributed by atoms with van der Waals surface area (Å²) < 4.78 is 5.12. The van der Waals surface area contributed by atoms with Crippen LogP contribution in [-0.4, -0.2) is 17.0 Å². The second-order valence-electron chi connectivity index (χ2n) is 4.66. The van der Waals surface area contributed by atoms with Gasteiger partial charge in [0.2, 0.25) is 0 Å². The van der Waals surface area contributed by atoms with Crippen molar-refractivity contribution in [1.29, 1.82) is 0 Å². The lowest BCUT2D eigenvalue weighted by Gasteiger charge is -2.10. The second kappa shape index (κ2) is 5.69. The number of pyridine rings is 1. The maximum absolute atomic E-state index is 11.1. The van der Waals surface area contributed by atoms with Gasteiger partial charge < -0.3 is 10.1 Å². The Morgan fingerprint density at radius 2 is 1.86 bits per heavy atom. The zero-order valence-electron chi connectivity index (χ0n) is 11.8. The van der Waals surface area contributed by atoms with Crippen LogP contribution in [-0.2, 0) is 0 Å². The van der Waals surface area contributed by atoms with E-state index in [1.165, 1.54) is 12.3 Å². The van der Waals surface area contributed by atoms with Crippen LogP contribution in [0.3, 0.4) is 0 Å². The highest BCUT2D eigenvalue weighted by atomic mass is 16.6. The van der Waals surface area contributed by atoms with Crippen molar-refractivity contribution in [1.82, 2.24) is 4.98 Å². The van der Waals surface area contributed by atoms with E-state index < -0.39 is 4.92 Å². The van der Waals surface area contributed by atoms with Gasteiger partial charge in [0.15, 0.2) is 0 Å². The van der Waals surface area contributed by atoms with Crippen molar-refractivity contribution in [2.75, 3.05) is 12.4 Å². The molecule has 3 rings (SSSR count). The van der Waals surface area contributed by atoms with E-state index in [9.17, 15) is 10.1 Å². The fourth-order valence-corrected chi connectivity index (χ4v) is 2.27. The Hall–Kier alpha value is -3.15. The maximum atomic E-state index is 11.1. The zero-order chi connectivity index (χ0) is 15.5. The van der Waals surface area contributed by atoms with Crippen molar-refractivity contribution >= 4 is 27.8 Å². The molecule has 2 aromatic carbocycles. The monoisotopic (exact) mass is 295 g/mol. The third-order valence-electron chi connectivity index (χ3n) is 3.36. The Labute approximate surface area is 126 Å². The fourth-order valence-electron chi connectivity index (χ4n) is 2.27. The molecular weight excluding hydrogens is 282 g/mol. The van der Waals surface area contributed by atoms with Gasteiger partial charge in [0.25, 0.3) is 5.69 Å². The van der Waals surface area contributed by atoms with E-state index in [1.54, 1.807) is 25.4 Å². The van der Waals surface area contributed by atoms with Crippen LogP contribution in [0.1, 0.15) is 0 Å². The van der Waals surface area contributed by atoms with Gasteiger partial charge in [-0.1, -0.05) is 0 Å². The van der Waals surface area contributed by atoms with E-state index >= 15 is 0 Å². The predicted octanol–water partition coefficient (Wildman–Crippen LogP) is 3.90. The number of aromatic nitrogens is 1. The van der Waals surface area contributed by atoms with E-state index in [2.05, 4.69) is 10.3 Å². The molecule has 3 aromatic rings. The molecule has 0 amide bonds. The van der Waals surface area contributed by atoms with Crippen molar-refractivity contribution in [2.24, 2.45) is 0 Å². The Morgan fingerprint density at radius 3 is 2.55 bits per heavy atom. The number of rotatable bonds is 4. The average Bonchev–Trinajstić information content (AvgIpc) is 2.55. The lowest BCUT2D eigenvalue weighted by molar-refractivity contribution is -0.383. The molecular formula is C16H13N3O3. The van der Waals surface area contributed by atoms with Crippen LogP contribution in [0.15, 0.2) is 54.9 Å². The van der Waals surface area contributed by atoms with Crippen molar-refractivity contribution < 1.29 is 9.66 Å². The maximum Gasteiger partial charge on any atom is 0.278 e. The minimum atomic E-state index is -0.402. The highest BCUT2D eigenvalue weighted by Gasteiger charge is 2.14. The second-order valence-corrected chi connectivity index (χ2v) is 4.66. The molecule has 0 atom stereocenters. The molecule has 0 unspecified atom stereocenters. The molecule has 6 heteroatoms. The largest absolute Gasteiger partial charge is 0.497 e. The average molecular weight is 295 g/mol. The number of anilines is 2. The van der Waals surface area contributed by atoms with Gasteiger partial charge in [-0.15, -0.1) is 0 Å². The van der Waals surface area contributed by atoms with Crippen LogP contribution < -0.4 is 10.1 Å². The number of hydrogen-bond donors (Lipinski definition) is 1. The van der Waals surface area contributed by atoms with Crippen molar-refractivity contribution in [3.8, 4) is 5.75 Å². The molecule has 0 aliphatic rings. The predicted molar refractivity (Wildman–Crippen MR) is 84.7 cm³/mol. The van der Waals surface area contributed by atoms with Gasteiger partial charge in [-0.25, -0.2) is 0 Å². The zero-order valence-corrected chi connectivity index (χ0v) is 11.8. The molecule has 6 nitrogen and oxygen atoms in total. The summed E-state index contributed by atoms with van der Waals surface area (Å²) in [6.07, 6.45) is 3.12. The highest BCUT2D eigenvalue weighted by Crippen LogP contribution is 2.32. The highest BCUT2D eigenvalue weighted by molar-refractivity contribution is 6.00. The van der Waals surface area contributed by atoms with Crippen molar-refractivity contribution in [3.63, 3.8) is 0 Å². The first-order valence-electron chi connectivity index (χ1n) is 6.61. The lowest BCUT2D eigenvalue weighted by Crippen LogP contribution is -1.95. The number of benzene rings is 2. The van der Waals surface area contributed by atoms with Gasteiger partial charge in [-0.2, -0.15) is 0 Å². The van der Waals surface area contributed by atoms with Crippen LogP contribution in [0.2, 0.25) is 0 Å². The molecule has 22 heavy (non-hydrogen) atoms. The first kappa shape index (κ1) is 13.8. The molecule has 110 valence electrons. The normalized spacial score (nSPS) is 10.4. The van der Waals surface area contributed by atoms with E-state index in [-0.39, 0.29) is 5.69 Å². The smallest absolute Gasteiger partial charge is 0.278 e. The number of nitrogens with one attached hydrogen (secondary N) is 1. The SMILES string of the molecule is COc1ccc(Nc2ccc([N+](=O)[O-])c3cnccc23)cc1. The van der Waals surface area contributed by atoms with Gasteiger partial charge in [0, 0.05) is 35.2 Å². The minimum Gasteiger partial charge on any atom is -0.497 e. The number of nitro groups is 1. The minimum absolute atomic E-state index is 0.0448. The van der Waals surface area contributed by atoms with Gasteiger partial charge >= 0.3 is 0 Å². The van der Waals surface area contributed by atoms with Crippen LogP contribution >= 0.6 is 0 Å². The first-order valence-corrected chi connectivity index (χ1v) is 6.61. The molecule has 0 saturated carbocycles. The molecule has 1 N–H and O–H groups in total. The molecule has 0 aliphatic carbocycles. The van der Waals surface area contributed by atoms with Crippen LogP contribution in [0.4, 0.5) is 17.1 Å². The fraction of sp³-hybridized carbons (Fsp3) is 0.0625. The van der Waals surface area contributed by atoms with Crippen LogP contribution in [0.5, 0.6) is 5.75 Å². The number of nitro benzene ring substituents is 1. The third-order valence-corrected chi connectivity index (χ3v) is 3.36. The van der Waals surface area contributed by atoms with Gasteiger partial charge in [0.1, 0.15) is 5.75 Å². The molecule has 0 bridgehead atoms. The third kappa shape index (κ3) is 2.54. The summed E-state index contributed by atoms with van der Waals surface area (Å²) in [6.45, 7) is 0. The number of nitrogens with zero attached hydrogens (tertiary/aromatic N) is 2. The Bertz CT molecular complexity index is 832. The topological polar surface area (TPSA) is 77.3 Å². The molecule has 0 spiro atoms. The number of hydrogen-bond acceptors (Lipinski definition) is 5. The summed E-state index contributed by atoms with van der Waals surface area (Å²) in [4.78, 5) is 14.7. The van der Waals surface area contributed by atoms with Gasteiger partial charge in [-0.3, -0.25) is 15.1 Å². The summed E-state index contributed by atoms with van der Waals surface area (Å²) in [5.41, 5.74) is 1.70. The number of fused-ring (bicyclic) bond motifs is 1. The number of methoxy groups -OCH3 is 1. The molecule has 0 radical (unpaired) electrons. The Balaban J connectivity index is 2.03. The van der Waals surface area contributed by atoms with E-state index in [1.807, 2.05) is 24.3 Å². The summed E-state index contributed by atoms with van der Waals surface area (Å²) in [5, 5.41) is 15.6. The Kier molecular flexibility index (Phi) is 3.57. The van der Waals surface area contributed by atoms with Crippen molar-refractivity contribution in [3.05, 3.63) is 65.0 Å². The van der Waals surface area contributed by atoms with E-state index in [4.69, 9.17) is 4.74 Å². The quantitative estimate of drug-likeness (QED) is 0.583. The molecule has 0 aliphatic heterocycles. The molecule has 1 heterocycles. The standard InChI is InChI=1S/C16H13N3O3/c1-22-12-4-2-11(3-5-12)18-15-6-7-16(19(20)21)14-10-17-9-8-13(14)15/h2-10,18H,1H3. The number of ether oxygens (including phenoxy) is 1. The summed E-state index contributed by atoms with van der Waals surface area (Å²) in [5.74, 6) is 0.767. The molecule has 0 fully saturated rings. The summed E-state index contributed by atoms with van der Waals surface area (Å²) in [6, 6.07) is 12.4. The first-order chi connectivity index (χ1) is 10.7. The number of non-ortho nitro benzene ring substituents is 1. The molecule has 1 aromatic heterocycles. The van der Waals surface area contributed by atoms with Crippen LogP contribution in [0.25, 0.3) is 10.8 Å². The van der Waals surface area contributed by atoms with E-state index in [0.717, 1.165) is 22.5 Å².